The molecule has 0 radical (unpaired) electrons. The Labute approximate surface area is 137 Å². The lowest BCUT2D eigenvalue weighted by Crippen LogP contribution is -2.60. The largest absolute Gasteiger partial charge is 0.339 e. The number of nitriles is 1. The topological polar surface area (TPSA) is 47.3 Å². The average Bonchev–Trinajstić information content (AvgIpc) is 2.57. The van der Waals surface area contributed by atoms with Gasteiger partial charge in [-0.25, -0.2) is 0 Å². The molecule has 23 heavy (non-hydrogen) atoms. The molecule has 4 nitrogen and oxygen atoms in total. The van der Waals surface area contributed by atoms with E-state index in [2.05, 4.69) is 28.0 Å². The maximum absolute atomic E-state index is 12.2. The molecule has 3 aliphatic rings. The molecule has 4 rings (SSSR count). The van der Waals surface area contributed by atoms with Crippen LogP contribution in [0.5, 0.6) is 0 Å². The van der Waals surface area contributed by atoms with Gasteiger partial charge in [-0.3, -0.25) is 9.69 Å². The summed E-state index contributed by atoms with van der Waals surface area (Å²) >= 11 is 0. The van der Waals surface area contributed by atoms with Crippen LogP contribution in [0.25, 0.3) is 0 Å². The number of amides is 1. The summed E-state index contributed by atoms with van der Waals surface area (Å²) in [6.07, 6.45) is 4.30. The summed E-state index contributed by atoms with van der Waals surface area (Å²) in [4.78, 5) is 16.9. The number of likely N-dealkylation sites (tertiary alicyclic amines) is 1. The van der Waals surface area contributed by atoms with E-state index in [0.717, 1.165) is 44.6 Å². The van der Waals surface area contributed by atoms with Gasteiger partial charge in [0.25, 0.3) is 0 Å². The smallest absolute Gasteiger partial charge is 0.222 e. The van der Waals surface area contributed by atoms with Crippen LogP contribution < -0.4 is 0 Å². The molecule has 3 saturated heterocycles. The summed E-state index contributed by atoms with van der Waals surface area (Å²) in [6, 6.07) is 10.6. The lowest BCUT2D eigenvalue weighted by molar-refractivity contribution is -0.145. The van der Waals surface area contributed by atoms with E-state index in [1.54, 1.807) is 0 Å². The molecule has 0 unspecified atom stereocenters. The fourth-order valence-electron chi connectivity index (χ4n) is 4.78. The van der Waals surface area contributed by atoms with Crippen LogP contribution in [0.4, 0.5) is 0 Å². The van der Waals surface area contributed by atoms with Gasteiger partial charge < -0.3 is 4.90 Å². The Morgan fingerprint density at radius 2 is 2.00 bits per heavy atom. The third-order valence-electron chi connectivity index (χ3n) is 5.74. The van der Waals surface area contributed by atoms with E-state index >= 15 is 0 Å². The van der Waals surface area contributed by atoms with E-state index in [1.807, 2.05) is 12.1 Å². The zero-order valence-corrected chi connectivity index (χ0v) is 13.4. The van der Waals surface area contributed by atoms with Gasteiger partial charge in [-0.05, 0) is 48.8 Å². The maximum atomic E-state index is 12.2. The Morgan fingerprint density at radius 3 is 2.78 bits per heavy atom. The van der Waals surface area contributed by atoms with Gasteiger partial charge in [0.1, 0.15) is 0 Å². The molecule has 3 atom stereocenters. The molecule has 2 bridgehead atoms. The minimum absolute atomic E-state index is 0.386. The van der Waals surface area contributed by atoms with Crippen molar-refractivity contribution in [1.29, 1.82) is 5.26 Å². The Bertz CT molecular complexity index is 633. The van der Waals surface area contributed by atoms with Crippen molar-refractivity contribution in [1.82, 2.24) is 9.80 Å². The molecule has 1 amide bonds. The highest BCUT2D eigenvalue weighted by molar-refractivity contribution is 5.77. The highest BCUT2D eigenvalue weighted by Crippen LogP contribution is 2.38. The molecular weight excluding hydrogens is 286 g/mol. The van der Waals surface area contributed by atoms with E-state index < -0.39 is 0 Å². The molecular formula is C19H23N3O. The highest BCUT2D eigenvalue weighted by Gasteiger charge is 2.43. The van der Waals surface area contributed by atoms with Crippen molar-refractivity contribution in [3.05, 3.63) is 35.4 Å². The first-order valence-electron chi connectivity index (χ1n) is 8.74. The molecule has 0 aliphatic carbocycles. The van der Waals surface area contributed by atoms with Gasteiger partial charge in [-0.1, -0.05) is 12.1 Å². The Morgan fingerprint density at radius 1 is 1.17 bits per heavy atom. The zero-order chi connectivity index (χ0) is 15.8. The van der Waals surface area contributed by atoms with E-state index in [1.165, 1.54) is 18.4 Å². The molecule has 0 saturated carbocycles. The number of carbonyl (C=O) groups excluding carboxylic acids is 1. The highest BCUT2D eigenvalue weighted by atomic mass is 16.2. The van der Waals surface area contributed by atoms with Gasteiger partial charge in [-0.15, -0.1) is 0 Å². The van der Waals surface area contributed by atoms with Gasteiger partial charge in [0.2, 0.25) is 5.91 Å². The summed E-state index contributed by atoms with van der Waals surface area (Å²) in [6.45, 7) is 4.11. The van der Waals surface area contributed by atoms with Crippen LogP contribution in [0.1, 0.15) is 36.8 Å². The number of fused-ring (bicyclic) bond motifs is 4. The monoisotopic (exact) mass is 309 g/mol. The molecule has 4 heteroatoms. The Kier molecular flexibility index (Phi) is 3.82. The second-order valence-electron chi connectivity index (χ2n) is 7.37. The Balaban J connectivity index is 1.45. The molecule has 0 spiro atoms. The summed E-state index contributed by atoms with van der Waals surface area (Å²) in [7, 11) is 0. The number of carbonyl (C=O) groups is 1. The lowest BCUT2D eigenvalue weighted by Gasteiger charge is -2.52. The van der Waals surface area contributed by atoms with Crippen LogP contribution in [0, 0.1) is 23.2 Å². The van der Waals surface area contributed by atoms with E-state index in [-0.39, 0.29) is 0 Å². The first-order chi connectivity index (χ1) is 11.2. The molecule has 0 aromatic heterocycles. The third kappa shape index (κ3) is 2.86. The molecule has 3 aliphatic heterocycles. The normalized spacial score (nSPS) is 30.7. The van der Waals surface area contributed by atoms with Gasteiger partial charge in [0.05, 0.1) is 11.6 Å². The fourth-order valence-corrected chi connectivity index (χ4v) is 4.78. The van der Waals surface area contributed by atoms with Crippen molar-refractivity contribution in [2.75, 3.05) is 19.6 Å². The standard InChI is InChI=1S/C19H23N3O/c20-9-14-4-6-15(7-5-14)10-21-11-16-8-17(13-21)18-2-1-3-19(23)22(18)12-16/h4-7,16-18H,1-3,8,10-13H2/t16-,17-,18-/m0/s1. The van der Waals surface area contributed by atoms with Crippen molar-refractivity contribution >= 4 is 5.91 Å². The van der Waals surface area contributed by atoms with Gasteiger partial charge in [0.15, 0.2) is 0 Å². The Hall–Kier alpha value is -1.86. The lowest BCUT2D eigenvalue weighted by atomic mass is 9.76. The second kappa shape index (κ2) is 5.98. The fraction of sp³-hybridized carbons (Fsp3) is 0.579. The number of benzene rings is 1. The SMILES string of the molecule is N#Cc1ccc(CN2C[C@@H]3C[C@@H](C2)[C@@H]2CCCC(=O)N2C3)cc1. The van der Waals surface area contributed by atoms with Crippen LogP contribution in [-0.2, 0) is 11.3 Å². The third-order valence-corrected chi connectivity index (χ3v) is 5.74. The zero-order valence-electron chi connectivity index (χ0n) is 13.4. The van der Waals surface area contributed by atoms with Crippen LogP contribution in [0.2, 0.25) is 0 Å². The van der Waals surface area contributed by atoms with E-state index in [4.69, 9.17) is 5.26 Å². The van der Waals surface area contributed by atoms with Crippen LogP contribution in [-0.4, -0.2) is 41.4 Å². The number of nitrogens with zero attached hydrogens (tertiary/aromatic N) is 3. The number of hydrogen-bond acceptors (Lipinski definition) is 3. The maximum Gasteiger partial charge on any atom is 0.222 e. The minimum Gasteiger partial charge on any atom is -0.339 e. The van der Waals surface area contributed by atoms with Gasteiger partial charge >= 0.3 is 0 Å². The molecule has 1 aromatic rings. The number of hydrogen-bond donors (Lipinski definition) is 0. The van der Waals surface area contributed by atoms with Crippen molar-refractivity contribution < 1.29 is 4.79 Å². The molecule has 3 heterocycles. The summed E-state index contributed by atoms with van der Waals surface area (Å²) < 4.78 is 0. The van der Waals surface area contributed by atoms with Crippen molar-refractivity contribution in [3.8, 4) is 6.07 Å². The second-order valence-corrected chi connectivity index (χ2v) is 7.37. The van der Waals surface area contributed by atoms with Gasteiger partial charge in [0, 0.05) is 38.6 Å². The number of rotatable bonds is 2. The van der Waals surface area contributed by atoms with Crippen LogP contribution in [0.15, 0.2) is 24.3 Å². The first-order valence-corrected chi connectivity index (χ1v) is 8.74. The molecule has 120 valence electrons. The van der Waals surface area contributed by atoms with Crippen molar-refractivity contribution in [3.63, 3.8) is 0 Å². The number of piperidine rings is 3. The molecule has 1 aromatic carbocycles. The van der Waals surface area contributed by atoms with E-state index in [9.17, 15) is 4.79 Å². The van der Waals surface area contributed by atoms with E-state index in [0.29, 0.717) is 23.8 Å². The predicted molar refractivity (Wildman–Crippen MR) is 87.4 cm³/mol. The molecule has 0 N–H and O–H groups in total. The predicted octanol–water partition coefficient (Wildman–Crippen LogP) is 2.39. The quantitative estimate of drug-likeness (QED) is 0.843. The summed E-state index contributed by atoms with van der Waals surface area (Å²) in [5.74, 6) is 1.66. The molecule has 3 fully saturated rings. The van der Waals surface area contributed by atoms with Crippen LogP contribution in [0.3, 0.4) is 0 Å². The summed E-state index contributed by atoms with van der Waals surface area (Å²) in [5, 5.41) is 8.90. The van der Waals surface area contributed by atoms with Gasteiger partial charge in [-0.2, -0.15) is 5.26 Å². The average molecular weight is 309 g/mol. The first kappa shape index (κ1) is 14.7. The van der Waals surface area contributed by atoms with Crippen molar-refractivity contribution in [2.24, 2.45) is 11.8 Å². The van der Waals surface area contributed by atoms with Crippen LogP contribution >= 0.6 is 0 Å². The summed E-state index contributed by atoms with van der Waals surface area (Å²) in [5.41, 5.74) is 2.00. The minimum atomic E-state index is 0.386. The van der Waals surface area contributed by atoms with Crippen molar-refractivity contribution in [2.45, 2.75) is 38.3 Å².